The number of pyridine rings is 1. The van der Waals surface area contributed by atoms with Crippen molar-refractivity contribution in [3.8, 4) is 23.3 Å². The van der Waals surface area contributed by atoms with E-state index in [2.05, 4.69) is 9.98 Å². The number of halogens is 1. The number of ether oxygens (including phenoxy) is 2. The molecule has 3 rings (SSSR count). The van der Waals surface area contributed by atoms with Crippen molar-refractivity contribution in [2.45, 2.75) is 27.4 Å². The number of nitrogens with two attached hydrogens (primary N) is 2. The van der Waals surface area contributed by atoms with Crippen molar-refractivity contribution in [3.05, 3.63) is 89.3 Å². The zero-order valence-electron chi connectivity index (χ0n) is 19.2. The first-order valence-electron chi connectivity index (χ1n) is 10.6. The molecule has 7 nitrogen and oxygen atoms in total. The summed E-state index contributed by atoms with van der Waals surface area (Å²) in [6, 6.07) is 16.5. The average molecular weight is 460 g/mol. The number of nitriles is 1. The monoisotopic (exact) mass is 459 g/mol. The Morgan fingerprint density at radius 3 is 2.38 bits per heavy atom. The highest BCUT2D eigenvalue weighted by atomic mass is 19.1. The number of rotatable bonds is 8. The molecule has 0 bridgehead atoms. The van der Waals surface area contributed by atoms with Gasteiger partial charge >= 0.3 is 0 Å². The predicted octanol–water partition coefficient (Wildman–Crippen LogP) is 5.28. The summed E-state index contributed by atoms with van der Waals surface area (Å²) in [5.41, 5.74) is 14.8. The summed E-state index contributed by atoms with van der Waals surface area (Å²) >= 11 is 0. The Bertz CT molecular complexity index is 1240. The van der Waals surface area contributed by atoms with Gasteiger partial charge in [0.05, 0.1) is 11.4 Å². The van der Waals surface area contributed by atoms with Crippen molar-refractivity contribution >= 4 is 11.4 Å². The van der Waals surface area contributed by atoms with Crippen molar-refractivity contribution in [1.82, 2.24) is 4.98 Å². The van der Waals surface area contributed by atoms with Crippen molar-refractivity contribution in [2.75, 3.05) is 0 Å². The summed E-state index contributed by atoms with van der Waals surface area (Å²) in [6.45, 7) is 5.91. The predicted molar refractivity (Wildman–Crippen MR) is 129 cm³/mol. The fourth-order valence-electron chi connectivity index (χ4n) is 2.88. The van der Waals surface area contributed by atoms with Crippen molar-refractivity contribution < 1.29 is 13.9 Å². The van der Waals surface area contributed by atoms with Crippen molar-refractivity contribution in [1.29, 1.82) is 5.26 Å². The fraction of sp³-hybridized carbons (Fsp3) is 0.192. The normalized spacial score (nSPS) is 12.2. The Morgan fingerprint density at radius 2 is 1.76 bits per heavy atom. The third-order valence-electron chi connectivity index (χ3n) is 4.83. The van der Waals surface area contributed by atoms with Crippen LogP contribution >= 0.6 is 0 Å². The summed E-state index contributed by atoms with van der Waals surface area (Å²) in [7, 11) is 0. The van der Waals surface area contributed by atoms with E-state index in [9.17, 15) is 9.65 Å². The molecule has 1 heterocycles. The van der Waals surface area contributed by atoms with Crippen LogP contribution in [-0.2, 0) is 6.61 Å². The lowest BCUT2D eigenvalue weighted by Gasteiger charge is -2.11. The SMILES string of the molecule is Cc1ccc(COc2cc(F)cc(Oc3ccc(N=C(C#N)/C(N)=C(\N)C(C)C)cc3)c2)cn1. The lowest BCUT2D eigenvalue weighted by Crippen LogP contribution is -2.20. The zero-order chi connectivity index (χ0) is 24.7. The van der Waals surface area contributed by atoms with Gasteiger partial charge in [-0.25, -0.2) is 9.38 Å². The highest BCUT2D eigenvalue weighted by Crippen LogP contribution is 2.29. The largest absolute Gasteiger partial charge is 0.489 e. The first-order valence-corrected chi connectivity index (χ1v) is 10.6. The summed E-state index contributed by atoms with van der Waals surface area (Å²) in [6.07, 6.45) is 1.72. The number of allylic oxidation sites excluding steroid dienone is 2. The van der Waals surface area contributed by atoms with E-state index in [4.69, 9.17) is 20.9 Å². The number of hydrogen-bond acceptors (Lipinski definition) is 7. The Kier molecular flexibility index (Phi) is 7.83. The molecule has 2 aromatic carbocycles. The number of aromatic nitrogens is 1. The number of aliphatic imine (C=N–C) groups is 1. The summed E-state index contributed by atoms with van der Waals surface area (Å²) in [4.78, 5) is 8.48. The van der Waals surface area contributed by atoms with Gasteiger partial charge in [-0.2, -0.15) is 5.26 Å². The van der Waals surface area contributed by atoms with Crippen molar-refractivity contribution in [2.24, 2.45) is 22.4 Å². The third kappa shape index (κ3) is 6.56. The van der Waals surface area contributed by atoms with Crippen LogP contribution in [0.25, 0.3) is 0 Å². The quantitative estimate of drug-likeness (QED) is 0.442. The number of nitrogens with zero attached hydrogens (tertiary/aromatic N) is 3. The molecule has 0 atom stereocenters. The first kappa shape index (κ1) is 24.3. The molecule has 8 heteroatoms. The molecule has 0 aliphatic heterocycles. The van der Waals surface area contributed by atoms with E-state index in [0.29, 0.717) is 22.9 Å². The van der Waals surface area contributed by atoms with Crippen LogP contribution in [-0.4, -0.2) is 10.7 Å². The van der Waals surface area contributed by atoms with Crippen LogP contribution in [0.5, 0.6) is 17.2 Å². The van der Waals surface area contributed by atoms with Crippen LogP contribution in [0.1, 0.15) is 25.1 Å². The number of hydrogen-bond donors (Lipinski definition) is 2. The van der Waals surface area contributed by atoms with Gasteiger partial charge in [-0.3, -0.25) is 4.98 Å². The molecule has 1 aromatic heterocycles. The maximum atomic E-state index is 14.1. The van der Waals surface area contributed by atoms with Crippen LogP contribution in [0.2, 0.25) is 0 Å². The van der Waals surface area contributed by atoms with Gasteiger partial charge in [-0.15, -0.1) is 0 Å². The topological polar surface area (TPSA) is 120 Å². The molecule has 0 radical (unpaired) electrons. The smallest absolute Gasteiger partial charge is 0.165 e. The van der Waals surface area contributed by atoms with E-state index in [1.165, 1.54) is 12.1 Å². The Labute approximate surface area is 198 Å². The molecule has 4 N–H and O–H groups in total. The zero-order valence-corrected chi connectivity index (χ0v) is 19.2. The maximum Gasteiger partial charge on any atom is 0.165 e. The molecule has 0 spiro atoms. The van der Waals surface area contributed by atoms with Gasteiger partial charge in [0.15, 0.2) is 5.71 Å². The third-order valence-corrected chi connectivity index (χ3v) is 4.83. The van der Waals surface area contributed by atoms with Crippen LogP contribution in [0, 0.1) is 30.0 Å². The van der Waals surface area contributed by atoms with E-state index in [-0.39, 0.29) is 29.7 Å². The molecule has 34 heavy (non-hydrogen) atoms. The summed E-state index contributed by atoms with van der Waals surface area (Å²) < 4.78 is 25.6. The Morgan fingerprint density at radius 1 is 1.06 bits per heavy atom. The van der Waals surface area contributed by atoms with E-state index in [1.54, 1.807) is 36.5 Å². The van der Waals surface area contributed by atoms with Gasteiger partial charge in [0.25, 0.3) is 0 Å². The summed E-state index contributed by atoms with van der Waals surface area (Å²) in [5, 5.41) is 9.39. The number of aryl methyl sites for hydroxylation is 1. The average Bonchev–Trinajstić information content (AvgIpc) is 2.82. The molecule has 3 aromatic rings. The first-order chi connectivity index (χ1) is 16.2. The lowest BCUT2D eigenvalue weighted by atomic mass is 10.1. The van der Waals surface area contributed by atoms with Crippen LogP contribution in [0.15, 0.2) is 77.2 Å². The highest BCUT2D eigenvalue weighted by molar-refractivity contribution is 6.12. The van der Waals surface area contributed by atoms with E-state index in [0.717, 1.165) is 11.3 Å². The van der Waals surface area contributed by atoms with Gasteiger partial charge in [-0.05, 0) is 43.2 Å². The van der Waals surface area contributed by atoms with E-state index < -0.39 is 5.82 Å². The van der Waals surface area contributed by atoms with E-state index in [1.807, 2.05) is 39.0 Å². The van der Waals surface area contributed by atoms with Gasteiger partial charge in [-0.1, -0.05) is 19.9 Å². The number of benzene rings is 2. The van der Waals surface area contributed by atoms with Crippen LogP contribution in [0.3, 0.4) is 0 Å². The second-order valence-corrected chi connectivity index (χ2v) is 7.91. The fourth-order valence-corrected chi connectivity index (χ4v) is 2.88. The second-order valence-electron chi connectivity index (χ2n) is 7.91. The van der Waals surface area contributed by atoms with E-state index >= 15 is 0 Å². The highest BCUT2D eigenvalue weighted by Gasteiger charge is 2.11. The molecule has 0 saturated carbocycles. The van der Waals surface area contributed by atoms with Crippen molar-refractivity contribution in [3.63, 3.8) is 0 Å². The maximum absolute atomic E-state index is 14.1. The molecule has 0 aliphatic carbocycles. The van der Waals surface area contributed by atoms with Gasteiger partial charge in [0.2, 0.25) is 0 Å². The minimum absolute atomic E-state index is 0.0111. The minimum atomic E-state index is -0.487. The summed E-state index contributed by atoms with van der Waals surface area (Å²) in [5.74, 6) is 0.577. The van der Waals surface area contributed by atoms with Crippen LogP contribution < -0.4 is 20.9 Å². The Balaban J connectivity index is 1.72. The second kappa shape index (κ2) is 11.0. The molecular formula is C26H26FN5O2. The molecule has 0 unspecified atom stereocenters. The molecule has 174 valence electrons. The van der Waals surface area contributed by atoms with Crippen LogP contribution in [0.4, 0.5) is 10.1 Å². The Hall–Kier alpha value is -4.38. The molecule has 0 amide bonds. The molecule has 0 aliphatic rings. The standard InChI is InChI=1S/C26H26FN5O2/c1-16(2)25(29)26(30)24(13-28)32-20-6-8-21(9-7-20)34-23-11-19(27)10-22(12-23)33-15-18-5-4-17(3)31-14-18/h4-12,14,16H,15,29-30H2,1-3H3/b26-25+,32-24?. The lowest BCUT2D eigenvalue weighted by molar-refractivity contribution is 0.302. The van der Waals surface area contributed by atoms with Gasteiger partial charge in [0.1, 0.15) is 35.7 Å². The molecule has 0 saturated heterocycles. The minimum Gasteiger partial charge on any atom is -0.489 e. The molecule has 0 fully saturated rings. The molecular weight excluding hydrogens is 433 g/mol. The van der Waals surface area contributed by atoms with Gasteiger partial charge in [0, 0.05) is 41.4 Å². The van der Waals surface area contributed by atoms with Gasteiger partial charge < -0.3 is 20.9 Å².